The highest BCUT2D eigenvalue weighted by Gasteiger charge is 2.32. The van der Waals surface area contributed by atoms with E-state index in [9.17, 15) is 35.9 Å². The van der Waals surface area contributed by atoms with E-state index in [1.807, 2.05) is 0 Å². The van der Waals surface area contributed by atoms with Crippen molar-refractivity contribution in [1.29, 1.82) is 0 Å². The van der Waals surface area contributed by atoms with Gasteiger partial charge in [0, 0.05) is 16.0 Å². The minimum Gasteiger partial charge on any atom is -0.426 e. The van der Waals surface area contributed by atoms with Gasteiger partial charge in [-0.05, 0) is 70.2 Å². The van der Waals surface area contributed by atoms with Gasteiger partial charge in [-0.25, -0.2) is 0 Å². The molecule has 4 nitrogen and oxygen atoms in total. The fraction of sp³-hybridized carbons (Fsp3) is 0.154. The van der Waals surface area contributed by atoms with Crippen molar-refractivity contribution < 1.29 is 45.4 Å². The number of esters is 2. The SMILES string of the molecule is O=C(CCC(=O)Oc1ccc(C(F)(F)F)cc1-c1cccs1)Oc1ccc(C(F)(F)F)cc1-c1ccsc1. The molecule has 12 heteroatoms. The highest BCUT2D eigenvalue weighted by atomic mass is 32.1. The van der Waals surface area contributed by atoms with Gasteiger partial charge < -0.3 is 9.47 Å². The first-order valence-corrected chi connectivity index (χ1v) is 12.6. The predicted molar refractivity (Wildman–Crippen MR) is 130 cm³/mol. The third-order valence-electron chi connectivity index (χ3n) is 5.21. The van der Waals surface area contributed by atoms with Crippen molar-refractivity contribution in [2.75, 3.05) is 0 Å². The summed E-state index contributed by atoms with van der Waals surface area (Å²) in [7, 11) is 0. The quantitative estimate of drug-likeness (QED) is 0.127. The van der Waals surface area contributed by atoms with Crippen LogP contribution in [0.25, 0.3) is 21.6 Å². The number of carbonyl (C=O) groups excluding carboxylic acids is 2. The van der Waals surface area contributed by atoms with Crippen molar-refractivity contribution in [2.24, 2.45) is 0 Å². The molecule has 0 radical (unpaired) electrons. The Balaban J connectivity index is 1.45. The molecule has 0 spiro atoms. The van der Waals surface area contributed by atoms with E-state index in [0.29, 0.717) is 10.4 Å². The molecule has 4 aromatic rings. The summed E-state index contributed by atoms with van der Waals surface area (Å²) >= 11 is 2.40. The Bertz CT molecular complexity index is 1320. The lowest BCUT2D eigenvalue weighted by Crippen LogP contribution is -2.15. The minimum absolute atomic E-state index is 0.0577. The summed E-state index contributed by atoms with van der Waals surface area (Å²) in [5.74, 6) is -2.02. The van der Waals surface area contributed by atoms with Gasteiger partial charge in [0.1, 0.15) is 11.5 Å². The molecule has 0 fully saturated rings. The summed E-state index contributed by atoms with van der Waals surface area (Å²) in [6.45, 7) is 0. The topological polar surface area (TPSA) is 52.6 Å². The zero-order chi connectivity index (χ0) is 27.5. The lowest BCUT2D eigenvalue weighted by Gasteiger charge is -2.14. The Labute approximate surface area is 220 Å². The first kappa shape index (κ1) is 27.4. The van der Waals surface area contributed by atoms with Crippen LogP contribution in [-0.4, -0.2) is 11.9 Å². The fourth-order valence-electron chi connectivity index (χ4n) is 3.41. The largest absolute Gasteiger partial charge is 0.426 e. The highest BCUT2D eigenvalue weighted by molar-refractivity contribution is 7.13. The van der Waals surface area contributed by atoms with Gasteiger partial charge in [-0.2, -0.15) is 37.7 Å². The molecule has 0 bridgehead atoms. The number of alkyl halides is 6. The fourth-order valence-corrected chi connectivity index (χ4v) is 4.81. The standard InChI is InChI=1S/C26H16F6O4S2/c27-25(28,29)16-3-5-20(18(12-16)15-9-11-37-14-15)35-23(33)7-8-24(34)36-21-6-4-17(26(30,31)32)13-19(21)22-2-1-10-38-22/h1-6,9-14H,7-8H2. The number of hydrogen-bond donors (Lipinski definition) is 0. The van der Waals surface area contributed by atoms with Gasteiger partial charge in [0.2, 0.25) is 0 Å². The molecule has 0 amide bonds. The van der Waals surface area contributed by atoms with Crippen LogP contribution in [0.4, 0.5) is 26.3 Å². The van der Waals surface area contributed by atoms with E-state index < -0.39 is 48.3 Å². The van der Waals surface area contributed by atoms with E-state index >= 15 is 0 Å². The average molecular weight is 571 g/mol. The molecule has 0 aliphatic heterocycles. The third-order valence-corrected chi connectivity index (χ3v) is 6.80. The van der Waals surface area contributed by atoms with E-state index in [4.69, 9.17) is 9.47 Å². The van der Waals surface area contributed by atoms with Crippen LogP contribution in [0.15, 0.2) is 70.7 Å². The summed E-state index contributed by atoms with van der Waals surface area (Å²) < 4.78 is 89.6. The Hall–Kier alpha value is -3.64. The van der Waals surface area contributed by atoms with Gasteiger partial charge in [-0.1, -0.05) is 6.07 Å². The van der Waals surface area contributed by atoms with Gasteiger partial charge in [0.05, 0.1) is 24.0 Å². The van der Waals surface area contributed by atoms with Crippen LogP contribution < -0.4 is 9.47 Å². The van der Waals surface area contributed by atoms with Crippen LogP contribution in [0, 0.1) is 0 Å². The second-order valence-corrected chi connectivity index (χ2v) is 9.58. The monoisotopic (exact) mass is 570 g/mol. The number of ether oxygens (including phenoxy) is 2. The normalized spacial score (nSPS) is 11.8. The van der Waals surface area contributed by atoms with E-state index in [1.165, 1.54) is 11.3 Å². The maximum Gasteiger partial charge on any atom is 0.416 e. The van der Waals surface area contributed by atoms with Gasteiger partial charge in [0.25, 0.3) is 0 Å². The van der Waals surface area contributed by atoms with Crippen LogP contribution in [0.3, 0.4) is 0 Å². The Kier molecular flexibility index (Phi) is 7.93. The van der Waals surface area contributed by atoms with Crippen molar-refractivity contribution >= 4 is 34.6 Å². The van der Waals surface area contributed by atoms with Crippen molar-refractivity contribution in [2.45, 2.75) is 25.2 Å². The Morgan fingerprint density at radius 1 is 0.711 bits per heavy atom. The number of hydrogen-bond acceptors (Lipinski definition) is 6. The van der Waals surface area contributed by atoms with Crippen LogP contribution in [0.5, 0.6) is 11.5 Å². The number of rotatable bonds is 7. The van der Waals surface area contributed by atoms with Gasteiger partial charge in [0.15, 0.2) is 0 Å². The van der Waals surface area contributed by atoms with Crippen LogP contribution >= 0.6 is 22.7 Å². The lowest BCUT2D eigenvalue weighted by atomic mass is 10.0. The van der Waals surface area contributed by atoms with Crippen molar-refractivity contribution in [3.05, 3.63) is 81.9 Å². The lowest BCUT2D eigenvalue weighted by molar-refractivity contribution is -0.140. The zero-order valence-corrected chi connectivity index (χ0v) is 20.7. The van der Waals surface area contributed by atoms with Gasteiger partial charge in [-0.15, -0.1) is 11.3 Å². The van der Waals surface area contributed by atoms with E-state index in [0.717, 1.165) is 47.7 Å². The second kappa shape index (κ2) is 11.0. The predicted octanol–water partition coefficient (Wildman–Crippen LogP) is 8.47. The smallest absolute Gasteiger partial charge is 0.416 e. The molecule has 2 aromatic heterocycles. The number of thiophene rings is 2. The van der Waals surface area contributed by atoms with E-state index in [1.54, 1.807) is 34.3 Å². The molecule has 4 rings (SSSR count). The molecule has 2 heterocycles. The van der Waals surface area contributed by atoms with Crippen molar-refractivity contribution in [3.8, 4) is 33.1 Å². The summed E-state index contributed by atoms with van der Waals surface area (Å²) in [5, 5.41) is 4.91. The molecule has 0 aliphatic carbocycles. The highest BCUT2D eigenvalue weighted by Crippen LogP contribution is 2.40. The second-order valence-electron chi connectivity index (χ2n) is 7.85. The molecule has 38 heavy (non-hydrogen) atoms. The molecular weight excluding hydrogens is 554 g/mol. The molecule has 0 saturated heterocycles. The number of halogens is 6. The first-order valence-electron chi connectivity index (χ1n) is 10.8. The summed E-state index contributed by atoms with van der Waals surface area (Å²) in [6.07, 6.45) is -10.1. The summed E-state index contributed by atoms with van der Waals surface area (Å²) in [5.41, 5.74) is -1.28. The maximum atomic E-state index is 13.2. The van der Waals surface area contributed by atoms with Gasteiger partial charge in [-0.3, -0.25) is 9.59 Å². The Morgan fingerprint density at radius 3 is 1.74 bits per heavy atom. The number of benzene rings is 2. The Morgan fingerprint density at radius 2 is 1.26 bits per heavy atom. The van der Waals surface area contributed by atoms with Gasteiger partial charge >= 0.3 is 24.3 Å². The van der Waals surface area contributed by atoms with Crippen LogP contribution in [0.2, 0.25) is 0 Å². The van der Waals surface area contributed by atoms with E-state index in [-0.39, 0.29) is 22.6 Å². The third kappa shape index (κ3) is 6.62. The molecule has 2 aromatic carbocycles. The summed E-state index contributed by atoms with van der Waals surface area (Å²) in [4.78, 5) is 25.3. The van der Waals surface area contributed by atoms with Crippen LogP contribution in [-0.2, 0) is 21.9 Å². The molecule has 0 N–H and O–H groups in total. The number of carbonyl (C=O) groups is 2. The van der Waals surface area contributed by atoms with E-state index in [2.05, 4.69) is 0 Å². The first-order chi connectivity index (χ1) is 17.9. The zero-order valence-electron chi connectivity index (χ0n) is 19.1. The molecule has 0 atom stereocenters. The van der Waals surface area contributed by atoms with Crippen molar-refractivity contribution in [1.82, 2.24) is 0 Å². The molecule has 0 unspecified atom stereocenters. The maximum absolute atomic E-state index is 13.2. The summed E-state index contributed by atoms with van der Waals surface area (Å²) in [6, 6.07) is 10.1. The molecule has 198 valence electrons. The molecule has 0 aliphatic rings. The minimum atomic E-state index is -4.60. The van der Waals surface area contributed by atoms with Crippen LogP contribution in [0.1, 0.15) is 24.0 Å². The van der Waals surface area contributed by atoms with Crippen molar-refractivity contribution in [3.63, 3.8) is 0 Å². The molecule has 0 saturated carbocycles. The molecular formula is C26H16F6O4S2. The average Bonchev–Trinajstić information content (AvgIpc) is 3.57.